The number of likely N-dealkylation sites (tertiary alicyclic amines) is 1. The second-order valence-electron chi connectivity index (χ2n) is 4.75. The number of piperidine rings is 1. The van der Waals surface area contributed by atoms with Gasteiger partial charge >= 0.3 is 5.97 Å². The maximum atomic E-state index is 11.4. The summed E-state index contributed by atoms with van der Waals surface area (Å²) in [6.07, 6.45) is 1.60. The third-order valence-electron chi connectivity index (χ3n) is 3.20. The largest absolute Gasteiger partial charge is 0.463 e. The summed E-state index contributed by atoms with van der Waals surface area (Å²) >= 11 is 0. The Labute approximate surface area is 106 Å². The van der Waals surface area contributed by atoms with Gasteiger partial charge in [0.25, 0.3) is 0 Å². The van der Waals surface area contributed by atoms with Crippen LogP contribution >= 0.6 is 0 Å². The normalized spacial score (nSPS) is 20.9. The Morgan fingerprint density at radius 3 is 3.11 bits per heavy atom. The molecule has 1 saturated heterocycles. The van der Waals surface area contributed by atoms with E-state index in [1.807, 2.05) is 13.0 Å². The molecule has 0 bridgehead atoms. The zero-order chi connectivity index (χ0) is 13.1. The maximum absolute atomic E-state index is 11.4. The molecular weight excluding hydrogens is 234 g/mol. The van der Waals surface area contributed by atoms with E-state index in [4.69, 9.17) is 4.42 Å². The van der Waals surface area contributed by atoms with Gasteiger partial charge < -0.3 is 14.3 Å². The first-order valence-electron chi connectivity index (χ1n) is 6.18. The third kappa shape index (κ3) is 2.91. The van der Waals surface area contributed by atoms with E-state index in [9.17, 15) is 9.90 Å². The van der Waals surface area contributed by atoms with Crippen molar-refractivity contribution in [3.8, 4) is 0 Å². The summed E-state index contributed by atoms with van der Waals surface area (Å²) in [5.74, 6) is 0.560. The predicted molar refractivity (Wildman–Crippen MR) is 65.3 cm³/mol. The van der Waals surface area contributed by atoms with Crippen LogP contribution in [-0.2, 0) is 11.3 Å². The fraction of sp³-hybridized carbons (Fsp3) is 0.615. The van der Waals surface area contributed by atoms with Crippen molar-refractivity contribution >= 4 is 5.97 Å². The van der Waals surface area contributed by atoms with E-state index in [2.05, 4.69) is 9.64 Å². The molecule has 0 aromatic carbocycles. The van der Waals surface area contributed by atoms with Crippen molar-refractivity contribution in [3.05, 3.63) is 23.2 Å². The van der Waals surface area contributed by atoms with Crippen LogP contribution in [-0.4, -0.2) is 42.3 Å². The monoisotopic (exact) mass is 253 g/mol. The van der Waals surface area contributed by atoms with Crippen molar-refractivity contribution in [3.63, 3.8) is 0 Å². The van der Waals surface area contributed by atoms with E-state index in [1.54, 1.807) is 0 Å². The summed E-state index contributed by atoms with van der Waals surface area (Å²) in [5, 5.41) is 9.60. The Bertz CT molecular complexity index is 427. The van der Waals surface area contributed by atoms with Gasteiger partial charge in [0, 0.05) is 12.1 Å². The van der Waals surface area contributed by atoms with Crippen LogP contribution in [0.15, 0.2) is 10.5 Å². The molecule has 1 N–H and O–H groups in total. The van der Waals surface area contributed by atoms with E-state index in [1.165, 1.54) is 7.11 Å². The second kappa shape index (κ2) is 5.54. The molecule has 5 nitrogen and oxygen atoms in total. The lowest BCUT2D eigenvalue weighted by Crippen LogP contribution is -2.37. The Kier molecular flexibility index (Phi) is 4.04. The first-order valence-corrected chi connectivity index (χ1v) is 6.18. The molecule has 1 aliphatic heterocycles. The van der Waals surface area contributed by atoms with Crippen molar-refractivity contribution < 1.29 is 19.1 Å². The molecule has 1 aromatic rings. The molecule has 0 radical (unpaired) electrons. The molecule has 1 atom stereocenters. The lowest BCUT2D eigenvalue weighted by molar-refractivity contribution is 0.0538. The van der Waals surface area contributed by atoms with Gasteiger partial charge in [0.15, 0.2) is 0 Å². The number of carbonyl (C=O) groups is 1. The molecule has 5 heteroatoms. The van der Waals surface area contributed by atoms with Crippen molar-refractivity contribution in [2.45, 2.75) is 32.4 Å². The van der Waals surface area contributed by atoms with Gasteiger partial charge in [-0.1, -0.05) is 0 Å². The summed E-state index contributed by atoms with van der Waals surface area (Å²) < 4.78 is 10.2. The van der Waals surface area contributed by atoms with Crippen LogP contribution < -0.4 is 0 Å². The standard InChI is InChI=1S/C13H19NO4/c1-9-6-11(18-12(9)13(16)17-2)8-14-5-3-4-10(15)7-14/h6,10,15H,3-5,7-8H2,1-2H3. The first-order chi connectivity index (χ1) is 8.60. The topological polar surface area (TPSA) is 62.9 Å². The van der Waals surface area contributed by atoms with Crippen LogP contribution in [0.2, 0.25) is 0 Å². The van der Waals surface area contributed by atoms with E-state index in [0.717, 1.165) is 30.7 Å². The minimum atomic E-state index is -0.447. The highest BCUT2D eigenvalue weighted by molar-refractivity contribution is 5.87. The lowest BCUT2D eigenvalue weighted by atomic mass is 10.1. The fourth-order valence-electron chi connectivity index (χ4n) is 2.32. The molecule has 0 amide bonds. The van der Waals surface area contributed by atoms with Gasteiger partial charge in [0.05, 0.1) is 19.8 Å². The van der Waals surface area contributed by atoms with E-state index in [0.29, 0.717) is 13.1 Å². The Balaban J connectivity index is 2.03. The SMILES string of the molecule is COC(=O)c1oc(CN2CCCC(O)C2)cc1C. The predicted octanol–water partition coefficient (Wildman–Crippen LogP) is 1.33. The average molecular weight is 253 g/mol. The number of hydrogen-bond acceptors (Lipinski definition) is 5. The molecule has 18 heavy (non-hydrogen) atoms. The highest BCUT2D eigenvalue weighted by Gasteiger charge is 2.21. The summed E-state index contributed by atoms with van der Waals surface area (Å²) in [7, 11) is 1.34. The molecule has 0 saturated carbocycles. The lowest BCUT2D eigenvalue weighted by Gasteiger charge is -2.29. The van der Waals surface area contributed by atoms with Gasteiger partial charge in [0.1, 0.15) is 5.76 Å². The second-order valence-corrected chi connectivity index (χ2v) is 4.75. The number of aliphatic hydroxyl groups is 1. The van der Waals surface area contributed by atoms with Crippen molar-refractivity contribution in [2.24, 2.45) is 0 Å². The molecule has 2 rings (SSSR count). The average Bonchev–Trinajstić information content (AvgIpc) is 2.69. The molecule has 2 heterocycles. The van der Waals surface area contributed by atoms with E-state index < -0.39 is 5.97 Å². The maximum Gasteiger partial charge on any atom is 0.374 e. The van der Waals surface area contributed by atoms with Crippen LogP contribution in [0.5, 0.6) is 0 Å². The van der Waals surface area contributed by atoms with E-state index >= 15 is 0 Å². The number of furan rings is 1. The minimum absolute atomic E-state index is 0.255. The van der Waals surface area contributed by atoms with Gasteiger partial charge in [-0.15, -0.1) is 0 Å². The van der Waals surface area contributed by atoms with Crippen LogP contribution in [0.25, 0.3) is 0 Å². The van der Waals surface area contributed by atoms with Gasteiger partial charge in [0.2, 0.25) is 5.76 Å². The molecule has 1 fully saturated rings. The number of β-amino-alcohol motifs (C(OH)–C–C–N with tert-alkyl or cyclic N) is 1. The zero-order valence-electron chi connectivity index (χ0n) is 10.8. The third-order valence-corrected chi connectivity index (χ3v) is 3.20. The molecule has 0 aliphatic carbocycles. The molecular formula is C13H19NO4. The smallest absolute Gasteiger partial charge is 0.374 e. The Morgan fingerprint density at radius 2 is 2.44 bits per heavy atom. The first kappa shape index (κ1) is 13.1. The number of methoxy groups -OCH3 is 1. The molecule has 100 valence electrons. The van der Waals surface area contributed by atoms with Gasteiger partial charge in [-0.25, -0.2) is 4.79 Å². The number of rotatable bonds is 3. The Hall–Kier alpha value is -1.33. The zero-order valence-corrected chi connectivity index (χ0v) is 10.8. The highest BCUT2D eigenvalue weighted by atomic mass is 16.5. The van der Waals surface area contributed by atoms with Gasteiger partial charge in [-0.3, -0.25) is 4.90 Å². The molecule has 0 spiro atoms. The van der Waals surface area contributed by atoms with Crippen LogP contribution in [0.3, 0.4) is 0 Å². The Morgan fingerprint density at radius 1 is 1.67 bits per heavy atom. The quantitative estimate of drug-likeness (QED) is 0.823. The summed E-state index contributed by atoms with van der Waals surface area (Å²) in [6, 6.07) is 1.85. The van der Waals surface area contributed by atoms with E-state index in [-0.39, 0.29) is 11.9 Å². The number of aryl methyl sites for hydroxylation is 1. The number of nitrogens with zero attached hydrogens (tertiary/aromatic N) is 1. The summed E-state index contributed by atoms with van der Waals surface area (Å²) in [6.45, 7) is 4.05. The van der Waals surface area contributed by atoms with Crippen molar-refractivity contribution in [2.75, 3.05) is 20.2 Å². The molecule has 1 aliphatic rings. The summed E-state index contributed by atoms with van der Waals surface area (Å²) in [5.41, 5.74) is 0.786. The number of hydrogen-bond donors (Lipinski definition) is 1. The molecule has 1 aromatic heterocycles. The molecule has 1 unspecified atom stereocenters. The van der Waals surface area contributed by atoms with Crippen LogP contribution in [0, 0.1) is 6.92 Å². The minimum Gasteiger partial charge on any atom is -0.463 e. The highest BCUT2D eigenvalue weighted by Crippen LogP contribution is 2.19. The fourth-order valence-corrected chi connectivity index (χ4v) is 2.32. The number of aliphatic hydroxyl groups excluding tert-OH is 1. The van der Waals surface area contributed by atoms with Gasteiger partial charge in [-0.2, -0.15) is 0 Å². The number of esters is 1. The number of carbonyl (C=O) groups excluding carboxylic acids is 1. The van der Waals surface area contributed by atoms with Crippen molar-refractivity contribution in [1.29, 1.82) is 0 Å². The van der Waals surface area contributed by atoms with Crippen LogP contribution in [0.4, 0.5) is 0 Å². The number of ether oxygens (including phenoxy) is 1. The van der Waals surface area contributed by atoms with Crippen LogP contribution in [0.1, 0.15) is 34.7 Å². The van der Waals surface area contributed by atoms with Gasteiger partial charge in [-0.05, 0) is 32.4 Å². The summed E-state index contributed by atoms with van der Waals surface area (Å²) in [4.78, 5) is 13.6. The van der Waals surface area contributed by atoms with Crippen molar-refractivity contribution in [1.82, 2.24) is 4.90 Å².